The van der Waals surface area contributed by atoms with Crippen LogP contribution in [0.3, 0.4) is 0 Å². The van der Waals surface area contributed by atoms with Gasteiger partial charge in [0.1, 0.15) is 15.8 Å². The molecule has 8 heteroatoms. The number of benzene rings is 1. The Morgan fingerprint density at radius 1 is 1.13 bits per heavy atom. The summed E-state index contributed by atoms with van der Waals surface area (Å²) in [6.07, 6.45) is 3.99. The van der Waals surface area contributed by atoms with E-state index in [0.717, 1.165) is 5.56 Å². The number of hydrogen-bond acceptors (Lipinski definition) is 6. The molecule has 3 aromatic rings. The van der Waals surface area contributed by atoms with Gasteiger partial charge in [0.25, 0.3) is 11.5 Å². The van der Waals surface area contributed by atoms with Gasteiger partial charge in [-0.3, -0.25) is 18.9 Å². The molecule has 1 aliphatic heterocycles. The number of carbonyl (C=O) groups excluding carboxylic acids is 1. The minimum Gasteiger partial charge on any atom is -0.367 e. The molecule has 31 heavy (non-hydrogen) atoms. The zero-order valence-corrected chi connectivity index (χ0v) is 18.9. The third-order valence-electron chi connectivity index (χ3n) is 4.81. The van der Waals surface area contributed by atoms with Gasteiger partial charge >= 0.3 is 0 Å². The summed E-state index contributed by atoms with van der Waals surface area (Å²) < 4.78 is 1.98. The topological polar surface area (TPSA) is 66.7 Å². The molecule has 3 heterocycles. The average molecular weight is 451 g/mol. The third kappa shape index (κ3) is 4.55. The van der Waals surface area contributed by atoms with Gasteiger partial charge in [-0.15, -0.1) is 0 Å². The molecule has 2 aromatic heterocycles. The normalized spacial score (nSPS) is 15.5. The molecule has 1 saturated heterocycles. The van der Waals surface area contributed by atoms with Crippen LogP contribution in [0.25, 0.3) is 11.7 Å². The van der Waals surface area contributed by atoms with Gasteiger partial charge in [-0.05, 0) is 44.0 Å². The average Bonchev–Trinajstić information content (AvgIpc) is 3.02. The van der Waals surface area contributed by atoms with Crippen molar-refractivity contribution in [2.24, 2.45) is 0 Å². The number of nitrogens with one attached hydrogen (secondary N) is 1. The highest BCUT2D eigenvalue weighted by atomic mass is 32.2. The van der Waals surface area contributed by atoms with E-state index >= 15 is 0 Å². The van der Waals surface area contributed by atoms with E-state index in [9.17, 15) is 9.59 Å². The van der Waals surface area contributed by atoms with E-state index in [1.54, 1.807) is 29.3 Å². The van der Waals surface area contributed by atoms with E-state index in [0.29, 0.717) is 39.2 Å². The van der Waals surface area contributed by atoms with Crippen molar-refractivity contribution in [1.29, 1.82) is 0 Å². The molecule has 158 valence electrons. The number of amides is 1. The van der Waals surface area contributed by atoms with Gasteiger partial charge in [0.15, 0.2) is 0 Å². The van der Waals surface area contributed by atoms with Gasteiger partial charge in [-0.25, -0.2) is 4.98 Å². The predicted molar refractivity (Wildman–Crippen MR) is 130 cm³/mol. The van der Waals surface area contributed by atoms with Crippen molar-refractivity contribution in [2.75, 3.05) is 11.9 Å². The predicted octanol–water partition coefficient (Wildman–Crippen LogP) is 3.96. The molecule has 0 bridgehead atoms. The lowest BCUT2D eigenvalue weighted by Crippen LogP contribution is -2.30. The molecule has 1 aromatic carbocycles. The molecule has 0 atom stereocenters. The minimum absolute atomic E-state index is 0.0746. The summed E-state index contributed by atoms with van der Waals surface area (Å²) in [6, 6.07) is 15.4. The fourth-order valence-corrected chi connectivity index (χ4v) is 4.62. The van der Waals surface area contributed by atoms with E-state index in [1.165, 1.54) is 16.2 Å². The van der Waals surface area contributed by atoms with Gasteiger partial charge < -0.3 is 5.32 Å². The number of hydrogen-bond donors (Lipinski definition) is 1. The fourth-order valence-electron chi connectivity index (χ4n) is 3.33. The van der Waals surface area contributed by atoms with Crippen molar-refractivity contribution in [1.82, 2.24) is 14.3 Å². The van der Waals surface area contributed by atoms with Gasteiger partial charge in [0.2, 0.25) is 0 Å². The first kappa shape index (κ1) is 21.3. The lowest BCUT2D eigenvalue weighted by atomic mass is 10.1. The molecular formula is C23H22N4O2S2. The van der Waals surface area contributed by atoms with E-state index in [1.807, 2.05) is 50.2 Å². The number of rotatable bonds is 6. The van der Waals surface area contributed by atoms with Crippen LogP contribution < -0.4 is 10.9 Å². The quantitative estimate of drug-likeness (QED) is 0.453. The van der Waals surface area contributed by atoms with Crippen LogP contribution in [0.2, 0.25) is 0 Å². The Balaban J connectivity index is 1.67. The van der Waals surface area contributed by atoms with Crippen LogP contribution in [0.1, 0.15) is 25.0 Å². The van der Waals surface area contributed by atoms with Gasteiger partial charge in [-0.2, -0.15) is 0 Å². The molecule has 1 aliphatic rings. The van der Waals surface area contributed by atoms with Crippen LogP contribution in [0.15, 0.2) is 64.4 Å². The molecule has 6 nitrogen and oxygen atoms in total. The van der Waals surface area contributed by atoms with Crippen molar-refractivity contribution in [2.45, 2.75) is 26.3 Å². The Hall–Kier alpha value is -2.97. The molecule has 1 fully saturated rings. The van der Waals surface area contributed by atoms with Gasteiger partial charge in [-0.1, -0.05) is 60.4 Å². The number of carbonyl (C=O) groups is 1. The number of pyridine rings is 1. The summed E-state index contributed by atoms with van der Waals surface area (Å²) in [4.78, 5) is 32.8. The molecule has 1 amide bonds. The number of aromatic nitrogens is 2. The number of thioether (sulfide) groups is 1. The molecule has 0 unspecified atom stereocenters. The number of nitrogens with zero attached hydrogens (tertiary/aromatic N) is 3. The highest BCUT2D eigenvalue weighted by molar-refractivity contribution is 8.26. The Kier molecular flexibility index (Phi) is 6.20. The van der Waals surface area contributed by atoms with Crippen molar-refractivity contribution < 1.29 is 4.79 Å². The molecule has 4 rings (SSSR count). The first-order valence-electron chi connectivity index (χ1n) is 10.0. The highest BCUT2D eigenvalue weighted by Crippen LogP contribution is 2.33. The Bertz CT molecular complexity index is 1240. The van der Waals surface area contributed by atoms with Gasteiger partial charge in [0, 0.05) is 18.8 Å². The van der Waals surface area contributed by atoms with E-state index in [4.69, 9.17) is 12.2 Å². The maximum Gasteiger partial charge on any atom is 0.267 e. The maximum absolute atomic E-state index is 13.2. The Morgan fingerprint density at radius 3 is 2.61 bits per heavy atom. The van der Waals surface area contributed by atoms with Gasteiger partial charge in [0.05, 0.1) is 10.5 Å². The second kappa shape index (κ2) is 9.03. The highest BCUT2D eigenvalue weighted by Gasteiger charge is 2.32. The first-order valence-corrected chi connectivity index (χ1v) is 11.2. The number of fused-ring (bicyclic) bond motifs is 1. The zero-order chi connectivity index (χ0) is 22.0. The Labute approximate surface area is 190 Å². The minimum atomic E-state index is -0.233. The molecule has 0 radical (unpaired) electrons. The van der Waals surface area contributed by atoms with Crippen molar-refractivity contribution in [3.8, 4) is 0 Å². The summed E-state index contributed by atoms with van der Waals surface area (Å²) in [7, 11) is 0. The van der Waals surface area contributed by atoms with Crippen LogP contribution >= 0.6 is 24.0 Å². The van der Waals surface area contributed by atoms with Crippen molar-refractivity contribution >= 4 is 51.7 Å². The molecule has 0 aliphatic carbocycles. The summed E-state index contributed by atoms with van der Waals surface area (Å²) in [6.45, 7) is 4.45. The van der Waals surface area contributed by atoms with Crippen molar-refractivity contribution in [3.05, 3.63) is 81.1 Å². The van der Waals surface area contributed by atoms with Crippen LogP contribution in [0.4, 0.5) is 5.82 Å². The van der Waals surface area contributed by atoms with Crippen LogP contribution in [-0.4, -0.2) is 37.1 Å². The molecular weight excluding hydrogens is 428 g/mol. The summed E-state index contributed by atoms with van der Waals surface area (Å²) in [5, 5.41) is 3.23. The molecule has 0 saturated carbocycles. The Morgan fingerprint density at radius 2 is 1.87 bits per heavy atom. The smallest absolute Gasteiger partial charge is 0.267 e. The van der Waals surface area contributed by atoms with Crippen LogP contribution in [0, 0.1) is 0 Å². The third-order valence-corrected chi connectivity index (χ3v) is 6.19. The van der Waals surface area contributed by atoms with Crippen molar-refractivity contribution in [3.63, 3.8) is 0 Å². The first-order chi connectivity index (χ1) is 14.9. The maximum atomic E-state index is 13.2. The lowest BCUT2D eigenvalue weighted by Gasteiger charge is -2.14. The largest absolute Gasteiger partial charge is 0.367 e. The van der Waals surface area contributed by atoms with E-state index in [-0.39, 0.29) is 17.5 Å². The van der Waals surface area contributed by atoms with E-state index < -0.39 is 0 Å². The van der Waals surface area contributed by atoms with Crippen LogP contribution in [0.5, 0.6) is 0 Å². The summed E-state index contributed by atoms with van der Waals surface area (Å²) in [5.74, 6) is 0.278. The molecule has 1 N–H and O–H groups in total. The fraction of sp³-hybridized carbons (Fsp3) is 0.217. The standard InChI is InChI=1S/C23H22N4O2S2/c1-15(2)24-20-17(21(28)26-12-7-6-10-19(26)25-20)14-18-22(29)27(23(30)31-18)13-11-16-8-4-3-5-9-16/h3-10,12,14-15,24H,11,13H2,1-2H3. The monoisotopic (exact) mass is 450 g/mol. The van der Waals surface area contributed by atoms with E-state index in [2.05, 4.69) is 10.3 Å². The summed E-state index contributed by atoms with van der Waals surface area (Å²) >= 11 is 6.67. The van der Waals surface area contributed by atoms with Crippen LogP contribution in [-0.2, 0) is 11.2 Å². The zero-order valence-electron chi connectivity index (χ0n) is 17.2. The molecule has 0 spiro atoms. The number of thiocarbonyl (C=S) groups is 1. The second-order valence-electron chi connectivity index (χ2n) is 7.48. The lowest BCUT2D eigenvalue weighted by molar-refractivity contribution is -0.122. The second-order valence-corrected chi connectivity index (χ2v) is 9.15. The SMILES string of the molecule is CC(C)Nc1nc2ccccn2c(=O)c1C=C1SC(=S)N(CCc2ccccc2)C1=O. The number of anilines is 1. The summed E-state index contributed by atoms with van der Waals surface area (Å²) in [5.41, 5.74) is 1.80.